The third-order valence-electron chi connectivity index (χ3n) is 3.91. The van der Waals surface area contributed by atoms with Gasteiger partial charge in [-0.2, -0.15) is 0 Å². The molecule has 1 unspecified atom stereocenters. The number of amides is 1. The highest BCUT2D eigenvalue weighted by molar-refractivity contribution is 7.98. The minimum absolute atomic E-state index is 0.0344. The third kappa shape index (κ3) is 2.89. The number of hydrogen-bond acceptors (Lipinski definition) is 4. The lowest BCUT2D eigenvalue weighted by Crippen LogP contribution is -2.44. The van der Waals surface area contributed by atoms with Crippen LogP contribution in [0.1, 0.15) is 22.1 Å². The van der Waals surface area contributed by atoms with Gasteiger partial charge in [0.2, 0.25) is 0 Å². The fourth-order valence-electron chi connectivity index (χ4n) is 2.73. The Bertz CT molecular complexity index is 671. The fraction of sp³-hybridized carbons (Fsp3) is 0.375. The molecular formula is C16H19N3O2S. The Kier molecular flexibility index (Phi) is 4.49. The number of nitrogens with zero attached hydrogens (tertiary/aromatic N) is 3. The molecule has 22 heavy (non-hydrogen) atoms. The molecule has 1 fully saturated rings. The number of rotatable bonds is 3. The molecule has 0 bridgehead atoms. The van der Waals surface area contributed by atoms with Crippen LogP contribution in [0.2, 0.25) is 0 Å². The molecule has 1 atom stereocenters. The number of thioether (sulfide) groups is 1. The molecule has 5 nitrogen and oxygen atoms in total. The normalized spacial score (nSPS) is 18.5. The Morgan fingerprint density at radius 3 is 3.05 bits per heavy atom. The number of carbonyl (C=O) groups excluding carboxylic acids is 1. The van der Waals surface area contributed by atoms with E-state index in [0.717, 1.165) is 10.7 Å². The zero-order chi connectivity index (χ0) is 15.5. The number of aryl methyl sites for hydroxylation is 1. The van der Waals surface area contributed by atoms with E-state index in [9.17, 15) is 4.79 Å². The number of pyridine rings is 1. The zero-order valence-electron chi connectivity index (χ0n) is 12.7. The molecule has 0 aliphatic carbocycles. The van der Waals surface area contributed by atoms with E-state index in [1.54, 1.807) is 12.3 Å². The maximum Gasteiger partial charge on any atom is 0.254 e. The van der Waals surface area contributed by atoms with E-state index in [2.05, 4.69) is 4.98 Å². The van der Waals surface area contributed by atoms with Crippen molar-refractivity contribution in [3.05, 3.63) is 47.9 Å². The molecule has 0 spiro atoms. The summed E-state index contributed by atoms with van der Waals surface area (Å²) in [5, 5.41) is 0.856. The van der Waals surface area contributed by atoms with E-state index in [4.69, 9.17) is 4.74 Å². The van der Waals surface area contributed by atoms with Gasteiger partial charge in [0.1, 0.15) is 0 Å². The molecule has 1 aliphatic heterocycles. The van der Waals surface area contributed by atoms with Gasteiger partial charge in [-0.25, -0.2) is 4.98 Å². The first kappa shape index (κ1) is 15.1. The van der Waals surface area contributed by atoms with E-state index in [0.29, 0.717) is 25.3 Å². The van der Waals surface area contributed by atoms with E-state index in [1.807, 2.05) is 47.2 Å². The Morgan fingerprint density at radius 1 is 1.45 bits per heavy atom. The highest BCUT2D eigenvalue weighted by Gasteiger charge is 2.30. The van der Waals surface area contributed by atoms with Gasteiger partial charge in [0.05, 0.1) is 24.3 Å². The van der Waals surface area contributed by atoms with Crippen LogP contribution in [-0.4, -0.2) is 46.4 Å². The van der Waals surface area contributed by atoms with Crippen molar-refractivity contribution < 1.29 is 9.53 Å². The molecule has 6 heteroatoms. The SMILES string of the molecule is CSc1cc(C(=O)N2CCOCC2c2cccn2C)ccn1. The quantitative estimate of drug-likeness (QED) is 0.815. The molecule has 3 rings (SSSR count). The van der Waals surface area contributed by atoms with E-state index in [1.165, 1.54) is 11.8 Å². The van der Waals surface area contributed by atoms with Gasteiger partial charge in [0, 0.05) is 37.2 Å². The lowest BCUT2D eigenvalue weighted by molar-refractivity contribution is -0.00465. The number of ether oxygens (including phenoxy) is 1. The summed E-state index contributed by atoms with van der Waals surface area (Å²) in [6.07, 6.45) is 5.64. The van der Waals surface area contributed by atoms with Crippen LogP contribution in [0.4, 0.5) is 0 Å². The van der Waals surface area contributed by atoms with Crippen molar-refractivity contribution in [2.45, 2.75) is 11.1 Å². The van der Waals surface area contributed by atoms with Crippen LogP contribution in [0.3, 0.4) is 0 Å². The molecule has 1 amide bonds. The highest BCUT2D eigenvalue weighted by atomic mass is 32.2. The third-order valence-corrected chi connectivity index (χ3v) is 4.55. The van der Waals surface area contributed by atoms with Gasteiger partial charge in [0.15, 0.2) is 0 Å². The van der Waals surface area contributed by atoms with Crippen molar-refractivity contribution >= 4 is 17.7 Å². The maximum absolute atomic E-state index is 12.9. The predicted octanol–water partition coefficient (Wildman–Crippen LogP) is 2.36. The van der Waals surface area contributed by atoms with E-state index >= 15 is 0 Å². The molecule has 0 N–H and O–H groups in total. The summed E-state index contributed by atoms with van der Waals surface area (Å²) in [4.78, 5) is 19.0. The smallest absolute Gasteiger partial charge is 0.254 e. The Labute approximate surface area is 134 Å². The second-order valence-electron chi connectivity index (χ2n) is 5.22. The first-order valence-corrected chi connectivity index (χ1v) is 8.43. The molecule has 1 saturated heterocycles. The van der Waals surface area contributed by atoms with Crippen LogP contribution in [0.25, 0.3) is 0 Å². The average molecular weight is 317 g/mol. The van der Waals surface area contributed by atoms with Crippen molar-refractivity contribution in [1.29, 1.82) is 0 Å². The van der Waals surface area contributed by atoms with Gasteiger partial charge in [-0.05, 0) is 30.5 Å². The average Bonchev–Trinajstić information content (AvgIpc) is 3.00. The second-order valence-corrected chi connectivity index (χ2v) is 6.05. The summed E-state index contributed by atoms with van der Waals surface area (Å²) in [5.41, 5.74) is 1.77. The van der Waals surface area contributed by atoms with Gasteiger partial charge < -0.3 is 14.2 Å². The monoisotopic (exact) mass is 317 g/mol. The molecular weight excluding hydrogens is 298 g/mol. The Hall–Kier alpha value is -1.79. The van der Waals surface area contributed by atoms with Crippen molar-refractivity contribution in [3.63, 3.8) is 0 Å². The molecule has 2 aromatic rings. The lowest BCUT2D eigenvalue weighted by Gasteiger charge is -2.36. The van der Waals surface area contributed by atoms with Crippen molar-refractivity contribution in [2.24, 2.45) is 7.05 Å². The van der Waals surface area contributed by atoms with E-state index < -0.39 is 0 Å². The number of morpholine rings is 1. The summed E-state index contributed by atoms with van der Waals surface area (Å²) in [6, 6.07) is 7.61. The minimum atomic E-state index is -0.0489. The fourth-order valence-corrected chi connectivity index (χ4v) is 3.14. The Balaban J connectivity index is 1.90. The van der Waals surface area contributed by atoms with Gasteiger partial charge in [-0.1, -0.05) is 0 Å². The largest absolute Gasteiger partial charge is 0.377 e. The molecule has 2 aromatic heterocycles. The molecule has 116 valence electrons. The lowest BCUT2D eigenvalue weighted by atomic mass is 10.1. The topological polar surface area (TPSA) is 47.4 Å². The van der Waals surface area contributed by atoms with Crippen LogP contribution in [0, 0.1) is 0 Å². The molecule has 0 aromatic carbocycles. The first-order chi connectivity index (χ1) is 10.7. The zero-order valence-corrected chi connectivity index (χ0v) is 13.5. The van der Waals surface area contributed by atoms with Crippen LogP contribution in [-0.2, 0) is 11.8 Å². The molecule has 0 radical (unpaired) electrons. The van der Waals surface area contributed by atoms with Crippen molar-refractivity contribution in [1.82, 2.24) is 14.5 Å². The van der Waals surface area contributed by atoms with Crippen molar-refractivity contribution in [3.8, 4) is 0 Å². The van der Waals surface area contributed by atoms with Crippen molar-refractivity contribution in [2.75, 3.05) is 26.0 Å². The standard InChI is InChI=1S/C16H19N3O2S/c1-18-7-3-4-13(18)14-11-21-9-8-19(14)16(20)12-5-6-17-15(10-12)22-2/h3-7,10,14H,8-9,11H2,1-2H3. The summed E-state index contributed by atoms with van der Waals surface area (Å²) < 4.78 is 7.64. The number of aromatic nitrogens is 2. The van der Waals surface area contributed by atoms with Crippen LogP contribution in [0.15, 0.2) is 41.7 Å². The molecule has 1 aliphatic rings. The summed E-state index contributed by atoms with van der Waals surface area (Å²) in [7, 11) is 1.99. The van der Waals surface area contributed by atoms with Crippen LogP contribution < -0.4 is 0 Å². The van der Waals surface area contributed by atoms with Gasteiger partial charge in [-0.15, -0.1) is 11.8 Å². The number of hydrogen-bond donors (Lipinski definition) is 0. The summed E-state index contributed by atoms with van der Waals surface area (Å²) >= 11 is 1.54. The summed E-state index contributed by atoms with van der Waals surface area (Å²) in [6.45, 7) is 1.71. The molecule has 0 saturated carbocycles. The first-order valence-electron chi connectivity index (χ1n) is 7.20. The Morgan fingerprint density at radius 2 is 2.32 bits per heavy atom. The van der Waals surface area contributed by atoms with Gasteiger partial charge in [-0.3, -0.25) is 4.79 Å². The number of carbonyl (C=O) groups is 1. The minimum Gasteiger partial charge on any atom is -0.377 e. The van der Waals surface area contributed by atoms with Gasteiger partial charge >= 0.3 is 0 Å². The van der Waals surface area contributed by atoms with Gasteiger partial charge in [0.25, 0.3) is 5.91 Å². The molecule has 3 heterocycles. The van der Waals surface area contributed by atoms with E-state index in [-0.39, 0.29) is 11.9 Å². The predicted molar refractivity (Wildman–Crippen MR) is 86.0 cm³/mol. The maximum atomic E-state index is 12.9. The second kappa shape index (κ2) is 6.54. The summed E-state index contributed by atoms with van der Waals surface area (Å²) in [5.74, 6) is 0.0344. The van der Waals surface area contributed by atoms with Crippen LogP contribution in [0.5, 0.6) is 0 Å². The highest BCUT2D eigenvalue weighted by Crippen LogP contribution is 2.26. The van der Waals surface area contributed by atoms with Crippen LogP contribution >= 0.6 is 11.8 Å².